The number of carbonyl (C=O) groups is 1. The molecular formula is C11H16NO6P. The van der Waals surface area contributed by atoms with E-state index in [4.69, 9.17) is 10.8 Å². The summed E-state index contributed by atoms with van der Waals surface area (Å²) in [5.74, 6) is -0.775. The van der Waals surface area contributed by atoms with Crippen LogP contribution in [0.3, 0.4) is 0 Å². The van der Waals surface area contributed by atoms with Gasteiger partial charge in [-0.3, -0.25) is 9.05 Å². The van der Waals surface area contributed by atoms with Gasteiger partial charge in [0.1, 0.15) is 11.8 Å². The zero-order chi connectivity index (χ0) is 14.5. The molecule has 0 radical (unpaired) electrons. The van der Waals surface area contributed by atoms with Gasteiger partial charge in [-0.25, -0.2) is 9.36 Å². The summed E-state index contributed by atoms with van der Waals surface area (Å²) in [6.45, 7) is 0. The number of hydrogen-bond donors (Lipinski definition) is 2. The number of phenolic OH excluding ortho intramolecular Hbond substituents is 1. The molecule has 0 aromatic heterocycles. The van der Waals surface area contributed by atoms with E-state index in [1.165, 1.54) is 12.1 Å². The maximum atomic E-state index is 11.6. The van der Waals surface area contributed by atoms with Crippen molar-refractivity contribution in [3.63, 3.8) is 0 Å². The van der Waals surface area contributed by atoms with Crippen LogP contribution >= 0.6 is 7.82 Å². The molecule has 1 aromatic carbocycles. The summed E-state index contributed by atoms with van der Waals surface area (Å²) < 4.78 is 25.1. The summed E-state index contributed by atoms with van der Waals surface area (Å²) >= 11 is 0. The Hall–Kier alpha value is -1.40. The molecule has 0 bridgehead atoms. The summed E-state index contributed by atoms with van der Waals surface area (Å²) in [4.78, 5) is 11.6. The lowest BCUT2D eigenvalue weighted by Crippen LogP contribution is -2.34. The van der Waals surface area contributed by atoms with Crippen LogP contribution in [0.15, 0.2) is 24.3 Å². The summed E-state index contributed by atoms with van der Waals surface area (Å²) in [6.07, 6.45) is 0.173. The molecule has 0 fully saturated rings. The fourth-order valence-corrected chi connectivity index (χ4v) is 1.95. The van der Waals surface area contributed by atoms with Crippen molar-refractivity contribution in [2.45, 2.75) is 12.5 Å². The fraction of sp³-hybridized carbons (Fsp3) is 0.364. The van der Waals surface area contributed by atoms with E-state index in [2.05, 4.69) is 13.6 Å². The number of rotatable bonds is 6. The predicted octanol–water partition coefficient (Wildman–Crippen LogP) is 1.21. The van der Waals surface area contributed by atoms with Crippen molar-refractivity contribution in [2.24, 2.45) is 5.73 Å². The lowest BCUT2D eigenvalue weighted by Gasteiger charge is -2.16. The van der Waals surface area contributed by atoms with E-state index in [-0.39, 0.29) is 12.2 Å². The van der Waals surface area contributed by atoms with Crippen molar-refractivity contribution < 1.29 is 28.0 Å². The average molecular weight is 289 g/mol. The van der Waals surface area contributed by atoms with E-state index < -0.39 is 19.8 Å². The van der Waals surface area contributed by atoms with E-state index in [1.807, 2.05) is 0 Å². The van der Waals surface area contributed by atoms with Gasteiger partial charge in [-0.2, -0.15) is 0 Å². The predicted molar refractivity (Wildman–Crippen MR) is 67.5 cm³/mol. The molecule has 0 unspecified atom stereocenters. The third-order valence-electron chi connectivity index (χ3n) is 2.34. The lowest BCUT2D eigenvalue weighted by atomic mass is 10.1. The summed E-state index contributed by atoms with van der Waals surface area (Å²) in [6, 6.07) is 5.18. The highest BCUT2D eigenvalue weighted by molar-refractivity contribution is 7.49. The second-order valence-corrected chi connectivity index (χ2v) is 5.51. The molecule has 0 aliphatic carbocycles. The van der Waals surface area contributed by atoms with Crippen LogP contribution in [0, 0.1) is 0 Å². The first-order chi connectivity index (χ1) is 8.90. The van der Waals surface area contributed by atoms with Gasteiger partial charge in [0, 0.05) is 14.2 Å². The van der Waals surface area contributed by atoms with Gasteiger partial charge < -0.3 is 15.4 Å². The number of nitrogens with two attached hydrogens (primary N) is 1. The minimum absolute atomic E-state index is 0.114. The van der Waals surface area contributed by atoms with Crippen LogP contribution in [0.1, 0.15) is 5.56 Å². The number of carbonyl (C=O) groups excluding carboxylic acids is 1. The Morgan fingerprint density at radius 3 is 2.32 bits per heavy atom. The van der Waals surface area contributed by atoms with Crippen LogP contribution in [0.4, 0.5) is 0 Å². The normalized spacial score (nSPS) is 13.0. The number of phosphoric ester groups is 1. The minimum Gasteiger partial charge on any atom is -0.508 e. The highest BCUT2D eigenvalue weighted by atomic mass is 31.2. The zero-order valence-corrected chi connectivity index (χ0v) is 11.5. The van der Waals surface area contributed by atoms with Crippen molar-refractivity contribution in [2.75, 3.05) is 14.2 Å². The van der Waals surface area contributed by atoms with E-state index in [0.29, 0.717) is 0 Å². The van der Waals surface area contributed by atoms with Gasteiger partial charge in [0.05, 0.1) is 0 Å². The van der Waals surface area contributed by atoms with Crippen LogP contribution in [0.2, 0.25) is 0 Å². The van der Waals surface area contributed by atoms with Gasteiger partial charge >= 0.3 is 13.8 Å². The van der Waals surface area contributed by atoms with Gasteiger partial charge in [-0.15, -0.1) is 0 Å². The van der Waals surface area contributed by atoms with E-state index >= 15 is 0 Å². The highest BCUT2D eigenvalue weighted by Crippen LogP contribution is 2.47. The smallest absolute Gasteiger partial charge is 0.508 e. The minimum atomic E-state index is -3.87. The number of phenols is 1. The molecule has 1 aromatic rings. The maximum Gasteiger partial charge on any atom is 0.531 e. The molecule has 1 atom stereocenters. The summed E-state index contributed by atoms with van der Waals surface area (Å²) in [5, 5.41) is 9.12. The second kappa shape index (κ2) is 6.68. The number of aromatic hydroxyl groups is 1. The molecule has 0 saturated heterocycles. The Labute approximate surface area is 110 Å². The third-order valence-corrected chi connectivity index (χ3v) is 3.64. The van der Waals surface area contributed by atoms with Crippen LogP contribution in [-0.2, 0) is 29.4 Å². The summed E-state index contributed by atoms with van der Waals surface area (Å²) in [5.41, 5.74) is 6.36. The average Bonchev–Trinajstić information content (AvgIpc) is 2.41. The maximum absolute atomic E-state index is 11.6. The second-order valence-electron chi connectivity index (χ2n) is 3.70. The molecule has 19 heavy (non-hydrogen) atoms. The Bertz CT molecular complexity index is 467. The molecule has 1 rings (SSSR count). The molecule has 0 spiro atoms. The topological polar surface area (TPSA) is 108 Å². The van der Waals surface area contributed by atoms with Crippen molar-refractivity contribution >= 4 is 13.8 Å². The molecule has 7 nitrogen and oxygen atoms in total. The SMILES string of the molecule is COP(=O)(OC)OC(=O)[C@@H](N)Cc1ccc(O)cc1. The number of phosphoric acid groups is 1. The van der Waals surface area contributed by atoms with Gasteiger partial charge in [0.25, 0.3) is 0 Å². The highest BCUT2D eigenvalue weighted by Gasteiger charge is 2.30. The van der Waals surface area contributed by atoms with Crippen molar-refractivity contribution in [3.8, 4) is 5.75 Å². The zero-order valence-electron chi connectivity index (χ0n) is 10.6. The lowest BCUT2D eigenvalue weighted by molar-refractivity contribution is -0.137. The number of hydrogen-bond acceptors (Lipinski definition) is 7. The van der Waals surface area contributed by atoms with Crippen molar-refractivity contribution in [3.05, 3.63) is 29.8 Å². The first kappa shape index (κ1) is 15.7. The number of benzene rings is 1. The Morgan fingerprint density at radius 2 is 1.84 bits per heavy atom. The van der Waals surface area contributed by atoms with E-state index in [9.17, 15) is 9.36 Å². The molecule has 8 heteroatoms. The largest absolute Gasteiger partial charge is 0.531 e. The molecule has 0 amide bonds. The molecule has 0 aliphatic heterocycles. The Balaban J connectivity index is 2.63. The van der Waals surface area contributed by atoms with E-state index in [0.717, 1.165) is 19.8 Å². The molecular weight excluding hydrogens is 273 g/mol. The van der Waals surface area contributed by atoms with Gasteiger partial charge in [-0.1, -0.05) is 12.1 Å². The van der Waals surface area contributed by atoms with Gasteiger partial charge in [0.15, 0.2) is 0 Å². The van der Waals surface area contributed by atoms with Gasteiger partial charge in [0.2, 0.25) is 0 Å². The first-order valence-electron chi connectivity index (χ1n) is 5.38. The third kappa shape index (κ3) is 4.65. The Kier molecular flexibility index (Phi) is 5.50. The monoisotopic (exact) mass is 289 g/mol. The Morgan fingerprint density at radius 1 is 1.32 bits per heavy atom. The quantitative estimate of drug-likeness (QED) is 0.757. The van der Waals surface area contributed by atoms with Crippen LogP contribution in [0.5, 0.6) is 5.75 Å². The van der Waals surface area contributed by atoms with Crippen LogP contribution < -0.4 is 5.73 Å². The molecule has 3 N–H and O–H groups in total. The van der Waals surface area contributed by atoms with Crippen molar-refractivity contribution in [1.82, 2.24) is 0 Å². The van der Waals surface area contributed by atoms with Gasteiger partial charge in [-0.05, 0) is 24.1 Å². The molecule has 106 valence electrons. The van der Waals surface area contributed by atoms with Crippen LogP contribution in [0.25, 0.3) is 0 Å². The summed E-state index contributed by atoms with van der Waals surface area (Å²) in [7, 11) is -1.67. The van der Waals surface area contributed by atoms with E-state index in [1.54, 1.807) is 12.1 Å². The van der Waals surface area contributed by atoms with Crippen molar-refractivity contribution in [1.29, 1.82) is 0 Å². The fourth-order valence-electron chi connectivity index (χ4n) is 1.30. The van der Waals surface area contributed by atoms with Crippen LogP contribution in [-0.4, -0.2) is 31.3 Å². The molecule has 0 heterocycles. The molecule has 0 aliphatic rings. The standard InChI is InChI=1S/C11H16NO6P/c1-16-19(15,17-2)18-11(14)10(12)7-8-3-5-9(13)6-4-8/h3-6,10,13H,7,12H2,1-2H3/t10-/m0/s1. The molecule has 0 saturated carbocycles. The first-order valence-corrected chi connectivity index (χ1v) is 6.84.